The third-order valence-electron chi connectivity index (χ3n) is 1.98. The summed E-state index contributed by atoms with van der Waals surface area (Å²) < 4.78 is 5.44. The van der Waals surface area contributed by atoms with Gasteiger partial charge in [-0.2, -0.15) is 0 Å². The molecule has 0 aliphatic carbocycles. The number of ether oxygens (including phenoxy) is 1. The highest BCUT2D eigenvalue weighted by Gasteiger charge is 2.01. The third-order valence-corrected chi connectivity index (χ3v) is 2.85. The van der Waals surface area contributed by atoms with Gasteiger partial charge in [0.05, 0.1) is 12.3 Å². The largest absolute Gasteiger partial charge is 0.374 e. The summed E-state index contributed by atoms with van der Waals surface area (Å²) in [7, 11) is 0. The molecule has 1 aromatic heterocycles. The smallest absolute Gasteiger partial charge is 0.119 e. The Bertz CT molecular complexity index is 238. The van der Waals surface area contributed by atoms with Gasteiger partial charge in [0.2, 0.25) is 0 Å². The Balaban J connectivity index is 2.23. The molecule has 15 heavy (non-hydrogen) atoms. The van der Waals surface area contributed by atoms with Gasteiger partial charge in [0.1, 0.15) is 5.01 Å². The second kappa shape index (κ2) is 7.79. The normalized spacial score (nSPS) is 10.8. The molecule has 1 N–H and O–H groups in total. The van der Waals surface area contributed by atoms with E-state index in [1.165, 1.54) is 5.69 Å². The minimum absolute atomic E-state index is 0.666. The van der Waals surface area contributed by atoms with Crippen LogP contribution >= 0.6 is 11.3 Å². The van der Waals surface area contributed by atoms with E-state index in [4.69, 9.17) is 4.74 Å². The minimum Gasteiger partial charge on any atom is -0.374 e. The van der Waals surface area contributed by atoms with Gasteiger partial charge in [0, 0.05) is 25.0 Å². The molecule has 0 aromatic carbocycles. The monoisotopic (exact) mass is 228 g/mol. The van der Waals surface area contributed by atoms with Gasteiger partial charge < -0.3 is 10.1 Å². The molecular formula is C11H20N2OS. The quantitative estimate of drug-likeness (QED) is 0.693. The second-order valence-electron chi connectivity index (χ2n) is 3.39. The zero-order valence-electron chi connectivity index (χ0n) is 9.58. The van der Waals surface area contributed by atoms with E-state index in [0.29, 0.717) is 6.61 Å². The van der Waals surface area contributed by atoms with E-state index < -0.39 is 0 Å². The molecular weight excluding hydrogens is 208 g/mol. The van der Waals surface area contributed by atoms with Gasteiger partial charge in [-0.05, 0) is 13.0 Å². The van der Waals surface area contributed by atoms with Crippen LogP contribution in [0, 0.1) is 0 Å². The lowest BCUT2D eigenvalue weighted by Gasteiger charge is -1.98. The van der Waals surface area contributed by atoms with E-state index >= 15 is 0 Å². The molecule has 0 amide bonds. The molecule has 1 aromatic rings. The molecule has 4 heteroatoms. The zero-order valence-corrected chi connectivity index (χ0v) is 10.4. The fourth-order valence-electron chi connectivity index (χ4n) is 1.23. The standard InChI is InChI=1S/C11H20N2OS/c1-3-7-14-8-11-13-10(9-15-11)5-6-12-4-2/h9,12H,3-8H2,1-2H3. The highest BCUT2D eigenvalue weighted by Crippen LogP contribution is 2.11. The molecule has 0 unspecified atom stereocenters. The number of likely N-dealkylation sites (N-methyl/N-ethyl adjacent to an activating group) is 1. The van der Waals surface area contributed by atoms with Crippen molar-refractivity contribution in [3.63, 3.8) is 0 Å². The predicted molar refractivity (Wildman–Crippen MR) is 64.3 cm³/mol. The Kier molecular flexibility index (Phi) is 6.55. The number of hydrogen-bond donors (Lipinski definition) is 1. The van der Waals surface area contributed by atoms with Crippen LogP contribution in [-0.2, 0) is 17.8 Å². The summed E-state index contributed by atoms with van der Waals surface area (Å²) in [6.07, 6.45) is 2.08. The topological polar surface area (TPSA) is 34.1 Å². The molecule has 0 radical (unpaired) electrons. The summed E-state index contributed by atoms with van der Waals surface area (Å²) in [4.78, 5) is 4.51. The van der Waals surface area contributed by atoms with Gasteiger partial charge >= 0.3 is 0 Å². The number of thiazole rings is 1. The first-order valence-corrected chi connectivity index (χ1v) is 6.46. The number of aromatic nitrogens is 1. The van der Waals surface area contributed by atoms with Crippen molar-refractivity contribution in [2.24, 2.45) is 0 Å². The number of rotatable bonds is 8. The Labute approximate surface area is 95.9 Å². The van der Waals surface area contributed by atoms with E-state index in [1.54, 1.807) is 11.3 Å². The molecule has 0 saturated carbocycles. The molecule has 1 heterocycles. The lowest BCUT2D eigenvalue weighted by atomic mass is 10.3. The molecule has 1 rings (SSSR count). The molecule has 0 fully saturated rings. The van der Waals surface area contributed by atoms with Crippen molar-refractivity contribution in [1.82, 2.24) is 10.3 Å². The maximum Gasteiger partial charge on any atom is 0.119 e. The van der Waals surface area contributed by atoms with Crippen LogP contribution < -0.4 is 5.32 Å². The highest BCUT2D eigenvalue weighted by atomic mass is 32.1. The van der Waals surface area contributed by atoms with Gasteiger partial charge in [0.15, 0.2) is 0 Å². The lowest BCUT2D eigenvalue weighted by molar-refractivity contribution is 0.121. The third kappa shape index (κ3) is 5.25. The Morgan fingerprint density at radius 3 is 3.07 bits per heavy atom. The fourth-order valence-corrected chi connectivity index (χ4v) is 1.99. The first-order chi connectivity index (χ1) is 7.36. The number of nitrogens with one attached hydrogen (secondary N) is 1. The van der Waals surface area contributed by atoms with Crippen LogP contribution in [0.2, 0.25) is 0 Å². The van der Waals surface area contributed by atoms with Crippen molar-refractivity contribution >= 4 is 11.3 Å². The minimum atomic E-state index is 0.666. The lowest BCUT2D eigenvalue weighted by Crippen LogP contribution is -2.16. The van der Waals surface area contributed by atoms with Crippen molar-refractivity contribution in [2.45, 2.75) is 33.3 Å². The fraction of sp³-hybridized carbons (Fsp3) is 0.727. The molecule has 0 saturated heterocycles. The molecule has 0 aliphatic rings. The SMILES string of the molecule is CCCOCc1nc(CCNCC)cs1. The van der Waals surface area contributed by atoms with Crippen LogP contribution in [0.4, 0.5) is 0 Å². The number of nitrogens with zero attached hydrogens (tertiary/aromatic N) is 1. The first-order valence-electron chi connectivity index (χ1n) is 5.58. The number of hydrogen-bond acceptors (Lipinski definition) is 4. The van der Waals surface area contributed by atoms with Gasteiger partial charge in [0.25, 0.3) is 0 Å². The Hall–Kier alpha value is -0.450. The Morgan fingerprint density at radius 2 is 2.33 bits per heavy atom. The molecule has 0 aliphatic heterocycles. The summed E-state index contributed by atoms with van der Waals surface area (Å²) in [6, 6.07) is 0. The van der Waals surface area contributed by atoms with Gasteiger partial charge in [-0.25, -0.2) is 4.98 Å². The van der Waals surface area contributed by atoms with Crippen LogP contribution in [0.3, 0.4) is 0 Å². The maximum atomic E-state index is 5.44. The summed E-state index contributed by atoms with van der Waals surface area (Å²) in [5, 5.41) is 6.51. The van der Waals surface area contributed by atoms with Crippen LogP contribution in [-0.4, -0.2) is 24.7 Å². The molecule has 3 nitrogen and oxygen atoms in total. The van der Waals surface area contributed by atoms with Crippen molar-refractivity contribution in [1.29, 1.82) is 0 Å². The van der Waals surface area contributed by atoms with E-state index in [-0.39, 0.29) is 0 Å². The van der Waals surface area contributed by atoms with Crippen LogP contribution in [0.5, 0.6) is 0 Å². The highest BCUT2D eigenvalue weighted by molar-refractivity contribution is 7.09. The molecule has 0 atom stereocenters. The average molecular weight is 228 g/mol. The summed E-state index contributed by atoms with van der Waals surface area (Å²) in [5.74, 6) is 0. The van der Waals surface area contributed by atoms with Crippen molar-refractivity contribution < 1.29 is 4.74 Å². The molecule has 0 bridgehead atoms. The second-order valence-corrected chi connectivity index (χ2v) is 4.33. The van der Waals surface area contributed by atoms with Crippen LogP contribution in [0.15, 0.2) is 5.38 Å². The van der Waals surface area contributed by atoms with E-state index in [1.807, 2.05) is 0 Å². The van der Waals surface area contributed by atoms with E-state index in [2.05, 4.69) is 29.5 Å². The predicted octanol–water partition coefficient (Wildman–Crippen LogP) is 2.22. The maximum absolute atomic E-state index is 5.44. The average Bonchev–Trinajstić information content (AvgIpc) is 2.67. The first kappa shape index (κ1) is 12.6. The summed E-state index contributed by atoms with van der Waals surface area (Å²) >= 11 is 1.69. The van der Waals surface area contributed by atoms with Crippen molar-refractivity contribution in [3.8, 4) is 0 Å². The van der Waals surface area contributed by atoms with Crippen LogP contribution in [0.25, 0.3) is 0 Å². The van der Waals surface area contributed by atoms with E-state index in [9.17, 15) is 0 Å². The molecule has 0 spiro atoms. The van der Waals surface area contributed by atoms with Crippen LogP contribution in [0.1, 0.15) is 31.0 Å². The summed E-state index contributed by atoms with van der Waals surface area (Å²) in [6.45, 7) is 7.76. The van der Waals surface area contributed by atoms with Crippen molar-refractivity contribution in [3.05, 3.63) is 16.1 Å². The van der Waals surface area contributed by atoms with Gasteiger partial charge in [-0.15, -0.1) is 11.3 Å². The van der Waals surface area contributed by atoms with Crippen molar-refractivity contribution in [2.75, 3.05) is 19.7 Å². The van der Waals surface area contributed by atoms with Gasteiger partial charge in [-0.3, -0.25) is 0 Å². The molecule has 86 valence electrons. The zero-order chi connectivity index (χ0) is 10.9. The van der Waals surface area contributed by atoms with E-state index in [0.717, 1.165) is 37.5 Å². The summed E-state index contributed by atoms with van der Waals surface area (Å²) in [5.41, 5.74) is 1.18. The van der Waals surface area contributed by atoms with Gasteiger partial charge in [-0.1, -0.05) is 13.8 Å². The Morgan fingerprint density at radius 1 is 1.47 bits per heavy atom.